The number of carbonyl (C=O) groups is 1. The molecule has 3 N–H and O–H groups in total. The first-order chi connectivity index (χ1) is 8.54. The molecule has 0 radical (unpaired) electrons. The molecule has 0 aliphatic rings. The molecule has 0 spiro atoms. The molecule has 0 aromatic rings. The van der Waals surface area contributed by atoms with Crippen LogP contribution in [0.5, 0.6) is 0 Å². The van der Waals surface area contributed by atoms with Crippen LogP contribution < -0.4 is 11.1 Å². The summed E-state index contributed by atoms with van der Waals surface area (Å²) in [6.45, 7) is 7.20. The lowest BCUT2D eigenvalue weighted by Gasteiger charge is -2.21. The maximum absolute atomic E-state index is 11.7. The number of rotatable bonds is 11. The van der Waals surface area contributed by atoms with E-state index in [4.69, 9.17) is 5.73 Å². The van der Waals surface area contributed by atoms with Crippen LogP contribution in [0.2, 0.25) is 0 Å². The fourth-order valence-electron chi connectivity index (χ4n) is 1.79. The minimum absolute atomic E-state index is 0.0768. The topological polar surface area (TPSA) is 55.1 Å². The Balaban J connectivity index is 3.33. The highest BCUT2D eigenvalue weighted by atomic mass is 16.2. The molecule has 0 fully saturated rings. The van der Waals surface area contributed by atoms with Gasteiger partial charge in [-0.1, -0.05) is 51.9 Å². The number of nitrogens with two attached hydrogens (primary N) is 1. The minimum atomic E-state index is -0.430. The zero-order valence-corrected chi connectivity index (χ0v) is 12.6. The highest BCUT2D eigenvalue weighted by Crippen LogP contribution is 2.12. The van der Waals surface area contributed by atoms with Gasteiger partial charge in [0.2, 0.25) is 5.91 Å². The predicted octanol–water partition coefficient (Wildman–Crippen LogP) is 3.23. The van der Waals surface area contributed by atoms with Gasteiger partial charge in [0.15, 0.2) is 0 Å². The Kier molecular flexibility index (Phi) is 10.0. The summed E-state index contributed by atoms with van der Waals surface area (Å²) in [7, 11) is 0. The molecular weight excluding hydrogens is 224 g/mol. The van der Waals surface area contributed by atoms with Gasteiger partial charge in [0.25, 0.3) is 0 Å². The van der Waals surface area contributed by atoms with Crippen LogP contribution in [0.15, 0.2) is 0 Å². The maximum Gasteiger partial charge on any atom is 0.226 e. The van der Waals surface area contributed by atoms with Crippen LogP contribution in [0.25, 0.3) is 0 Å². The second-order valence-electron chi connectivity index (χ2n) is 5.82. The van der Waals surface area contributed by atoms with Crippen LogP contribution >= 0.6 is 0 Å². The van der Waals surface area contributed by atoms with E-state index >= 15 is 0 Å². The largest absolute Gasteiger partial charge is 0.356 e. The lowest BCUT2D eigenvalue weighted by Crippen LogP contribution is -2.42. The van der Waals surface area contributed by atoms with E-state index in [9.17, 15) is 4.79 Å². The fourth-order valence-corrected chi connectivity index (χ4v) is 1.79. The van der Waals surface area contributed by atoms with Crippen molar-refractivity contribution in [2.45, 2.75) is 72.1 Å². The van der Waals surface area contributed by atoms with E-state index < -0.39 is 5.41 Å². The second-order valence-corrected chi connectivity index (χ2v) is 5.82. The molecule has 3 nitrogen and oxygen atoms in total. The van der Waals surface area contributed by atoms with Crippen LogP contribution in [0.3, 0.4) is 0 Å². The molecule has 0 aliphatic carbocycles. The van der Waals surface area contributed by atoms with Crippen molar-refractivity contribution in [3.63, 3.8) is 0 Å². The fraction of sp³-hybridized carbons (Fsp3) is 0.933. The summed E-state index contributed by atoms with van der Waals surface area (Å²) in [5.41, 5.74) is 5.13. The number of amides is 1. The van der Waals surface area contributed by atoms with Gasteiger partial charge in [-0.3, -0.25) is 4.79 Å². The molecule has 0 aromatic carbocycles. The van der Waals surface area contributed by atoms with Crippen LogP contribution in [0.1, 0.15) is 72.1 Å². The van der Waals surface area contributed by atoms with Crippen molar-refractivity contribution < 1.29 is 4.79 Å². The molecular formula is C15H32N2O. The number of nitrogens with one attached hydrogen (secondary N) is 1. The first kappa shape index (κ1) is 17.4. The average Bonchev–Trinajstić information content (AvgIpc) is 2.36. The number of hydrogen-bond acceptors (Lipinski definition) is 2. The quantitative estimate of drug-likeness (QED) is 0.558. The van der Waals surface area contributed by atoms with E-state index in [0.29, 0.717) is 6.54 Å². The van der Waals surface area contributed by atoms with Crippen LogP contribution in [-0.4, -0.2) is 19.0 Å². The van der Waals surface area contributed by atoms with Crippen molar-refractivity contribution in [1.29, 1.82) is 0 Å². The molecule has 0 unspecified atom stereocenters. The van der Waals surface area contributed by atoms with E-state index in [0.717, 1.165) is 13.0 Å². The summed E-state index contributed by atoms with van der Waals surface area (Å²) in [5.74, 6) is 0.0768. The van der Waals surface area contributed by atoms with E-state index in [1.54, 1.807) is 0 Å². The minimum Gasteiger partial charge on any atom is -0.356 e. The molecule has 0 bridgehead atoms. The highest BCUT2D eigenvalue weighted by Gasteiger charge is 2.24. The van der Waals surface area contributed by atoms with Crippen molar-refractivity contribution in [1.82, 2.24) is 5.32 Å². The van der Waals surface area contributed by atoms with Crippen molar-refractivity contribution in [2.75, 3.05) is 13.1 Å². The zero-order valence-electron chi connectivity index (χ0n) is 12.6. The third-order valence-electron chi connectivity index (χ3n) is 3.44. The summed E-state index contributed by atoms with van der Waals surface area (Å²) in [5, 5.41) is 2.97. The summed E-state index contributed by atoms with van der Waals surface area (Å²) in [6.07, 6.45) is 10.3. The van der Waals surface area contributed by atoms with Gasteiger partial charge in [-0.25, -0.2) is 0 Å². The molecule has 0 aliphatic heterocycles. The second kappa shape index (κ2) is 10.4. The summed E-state index contributed by atoms with van der Waals surface area (Å²) < 4.78 is 0. The monoisotopic (exact) mass is 256 g/mol. The van der Waals surface area contributed by atoms with Crippen molar-refractivity contribution >= 4 is 5.91 Å². The van der Waals surface area contributed by atoms with E-state index in [2.05, 4.69) is 12.2 Å². The van der Waals surface area contributed by atoms with Crippen LogP contribution in [0.4, 0.5) is 0 Å². The molecule has 0 heterocycles. The Morgan fingerprint density at radius 2 is 1.50 bits per heavy atom. The van der Waals surface area contributed by atoms with E-state index in [-0.39, 0.29) is 5.91 Å². The van der Waals surface area contributed by atoms with E-state index in [1.807, 2.05) is 13.8 Å². The normalized spacial score (nSPS) is 11.6. The molecule has 1 amide bonds. The van der Waals surface area contributed by atoms with Gasteiger partial charge in [0.05, 0.1) is 5.41 Å². The predicted molar refractivity (Wildman–Crippen MR) is 78.5 cm³/mol. The van der Waals surface area contributed by atoms with Crippen LogP contribution in [-0.2, 0) is 4.79 Å². The maximum atomic E-state index is 11.7. The van der Waals surface area contributed by atoms with Gasteiger partial charge in [0.1, 0.15) is 0 Å². The van der Waals surface area contributed by atoms with E-state index in [1.165, 1.54) is 44.9 Å². The molecule has 0 aromatic heterocycles. The van der Waals surface area contributed by atoms with Crippen LogP contribution in [0, 0.1) is 5.41 Å². The Hall–Kier alpha value is -0.570. The van der Waals surface area contributed by atoms with Crippen molar-refractivity contribution in [3.05, 3.63) is 0 Å². The molecule has 3 heteroatoms. The van der Waals surface area contributed by atoms with Crippen molar-refractivity contribution in [2.24, 2.45) is 11.1 Å². The Morgan fingerprint density at radius 1 is 1.00 bits per heavy atom. The lowest BCUT2D eigenvalue weighted by molar-refractivity contribution is -0.128. The number of carbonyl (C=O) groups excluding carboxylic acids is 1. The SMILES string of the molecule is CCCCCCCCCCNC(=O)C(C)(C)CN. The average molecular weight is 256 g/mol. The molecule has 0 saturated heterocycles. The lowest BCUT2D eigenvalue weighted by atomic mass is 9.93. The molecule has 18 heavy (non-hydrogen) atoms. The van der Waals surface area contributed by atoms with Gasteiger partial charge in [-0.15, -0.1) is 0 Å². The third kappa shape index (κ3) is 8.51. The van der Waals surface area contributed by atoms with Gasteiger partial charge >= 0.3 is 0 Å². The van der Waals surface area contributed by atoms with Gasteiger partial charge < -0.3 is 11.1 Å². The van der Waals surface area contributed by atoms with Gasteiger partial charge in [0, 0.05) is 13.1 Å². The molecule has 0 atom stereocenters. The smallest absolute Gasteiger partial charge is 0.226 e. The number of hydrogen-bond donors (Lipinski definition) is 2. The first-order valence-electron chi connectivity index (χ1n) is 7.53. The van der Waals surface area contributed by atoms with Gasteiger partial charge in [-0.2, -0.15) is 0 Å². The Labute approximate surface area is 113 Å². The van der Waals surface area contributed by atoms with Crippen molar-refractivity contribution in [3.8, 4) is 0 Å². The Morgan fingerprint density at radius 3 is 2.00 bits per heavy atom. The number of unbranched alkanes of at least 4 members (excludes halogenated alkanes) is 7. The summed E-state index contributed by atoms with van der Waals surface area (Å²) in [6, 6.07) is 0. The third-order valence-corrected chi connectivity index (χ3v) is 3.44. The highest BCUT2D eigenvalue weighted by molar-refractivity contribution is 5.81. The Bertz CT molecular complexity index is 215. The molecule has 108 valence electrons. The van der Waals surface area contributed by atoms with Gasteiger partial charge in [-0.05, 0) is 20.3 Å². The first-order valence-corrected chi connectivity index (χ1v) is 7.53. The molecule has 0 rings (SSSR count). The zero-order chi connectivity index (χ0) is 13.9. The molecule has 0 saturated carbocycles. The summed E-state index contributed by atoms with van der Waals surface area (Å²) >= 11 is 0. The summed E-state index contributed by atoms with van der Waals surface area (Å²) in [4.78, 5) is 11.7. The standard InChI is InChI=1S/C15H32N2O/c1-4-5-6-7-8-9-10-11-12-17-14(18)15(2,3)13-16/h4-13,16H2,1-3H3,(H,17,18).